The first-order valence-electron chi connectivity index (χ1n) is 7.43. The molecule has 0 amide bonds. The molecule has 0 spiro atoms. The molecule has 5 heteroatoms. The molecule has 0 aliphatic carbocycles. The van der Waals surface area contributed by atoms with Gasteiger partial charge in [0, 0.05) is 19.2 Å². The topological polar surface area (TPSA) is 55.8 Å². The molecule has 0 bridgehead atoms. The van der Waals surface area contributed by atoms with Crippen LogP contribution in [0, 0.1) is 6.92 Å². The van der Waals surface area contributed by atoms with Crippen molar-refractivity contribution in [2.75, 3.05) is 6.61 Å². The highest BCUT2D eigenvalue weighted by molar-refractivity contribution is 6.76. The maximum atomic E-state index is 12.0. The molecule has 1 heterocycles. The second-order valence-electron chi connectivity index (χ2n) is 6.72. The Bertz CT molecular complexity index is 573. The minimum atomic E-state index is -1.21. The Balaban J connectivity index is 2.41. The molecule has 1 aliphatic rings. The number of hydrogen-bond donors (Lipinski definition) is 1. The SMILES string of the molecule is CCc1c(O)c(C)c2c(c1OCC[Si](C)(C)C)C(=O)OC2. The molecule has 1 aliphatic heterocycles. The number of hydrogen-bond acceptors (Lipinski definition) is 4. The molecule has 2 rings (SSSR count). The van der Waals surface area contributed by atoms with Crippen molar-refractivity contribution in [3.8, 4) is 11.5 Å². The lowest BCUT2D eigenvalue weighted by Gasteiger charge is -2.20. The molecule has 0 unspecified atom stereocenters. The summed E-state index contributed by atoms with van der Waals surface area (Å²) in [5, 5.41) is 10.3. The van der Waals surface area contributed by atoms with Crippen LogP contribution in [0.25, 0.3) is 0 Å². The predicted molar refractivity (Wildman–Crippen MR) is 85.0 cm³/mol. The van der Waals surface area contributed by atoms with Gasteiger partial charge in [-0.1, -0.05) is 26.6 Å². The zero-order valence-corrected chi connectivity index (χ0v) is 14.5. The van der Waals surface area contributed by atoms with E-state index >= 15 is 0 Å². The Morgan fingerprint density at radius 3 is 2.57 bits per heavy atom. The standard InChI is InChI=1S/C16H24O4Si/c1-6-11-14(17)10(2)12-9-20-16(18)13(12)15(11)19-7-8-21(3,4)5/h17H,6-9H2,1-5H3. The average molecular weight is 308 g/mol. The largest absolute Gasteiger partial charge is 0.507 e. The fourth-order valence-electron chi connectivity index (χ4n) is 2.50. The lowest BCUT2D eigenvalue weighted by atomic mass is 9.96. The third-order valence-corrected chi connectivity index (χ3v) is 5.60. The molecule has 1 aromatic rings. The van der Waals surface area contributed by atoms with Gasteiger partial charge in [-0.2, -0.15) is 0 Å². The zero-order valence-electron chi connectivity index (χ0n) is 13.5. The van der Waals surface area contributed by atoms with Gasteiger partial charge in [-0.05, 0) is 25.0 Å². The van der Waals surface area contributed by atoms with Crippen molar-refractivity contribution in [2.45, 2.75) is 52.6 Å². The van der Waals surface area contributed by atoms with E-state index in [4.69, 9.17) is 9.47 Å². The van der Waals surface area contributed by atoms with E-state index in [-0.39, 0.29) is 18.3 Å². The molecule has 1 N–H and O–H groups in total. The van der Waals surface area contributed by atoms with Crippen molar-refractivity contribution in [1.29, 1.82) is 0 Å². The van der Waals surface area contributed by atoms with Crippen molar-refractivity contribution in [3.63, 3.8) is 0 Å². The number of phenolic OH excluding ortho intramolecular Hbond substituents is 1. The number of carbonyl (C=O) groups excluding carboxylic acids is 1. The summed E-state index contributed by atoms with van der Waals surface area (Å²) in [5.41, 5.74) is 2.71. The molecular formula is C16H24O4Si. The summed E-state index contributed by atoms with van der Waals surface area (Å²) in [7, 11) is -1.21. The fourth-order valence-corrected chi connectivity index (χ4v) is 3.22. The summed E-state index contributed by atoms with van der Waals surface area (Å²) in [6, 6.07) is 1.01. The Kier molecular flexibility index (Phi) is 4.32. The van der Waals surface area contributed by atoms with E-state index in [2.05, 4.69) is 19.6 Å². The van der Waals surface area contributed by atoms with Crippen molar-refractivity contribution >= 4 is 14.0 Å². The first kappa shape index (κ1) is 15.9. The van der Waals surface area contributed by atoms with Crippen LogP contribution in [0.5, 0.6) is 11.5 Å². The smallest absolute Gasteiger partial charge is 0.342 e. The average Bonchev–Trinajstić information content (AvgIpc) is 2.76. The Morgan fingerprint density at radius 1 is 1.33 bits per heavy atom. The highest BCUT2D eigenvalue weighted by Gasteiger charge is 2.32. The monoisotopic (exact) mass is 308 g/mol. The van der Waals surface area contributed by atoms with Crippen LogP contribution in [-0.4, -0.2) is 25.8 Å². The van der Waals surface area contributed by atoms with Crippen LogP contribution in [0.4, 0.5) is 0 Å². The second-order valence-corrected chi connectivity index (χ2v) is 12.3. The normalized spacial score (nSPS) is 14.0. The van der Waals surface area contributed by atoms with Crippen molar-refractivity contribution in [3.05, 3.63) is 22.3 Å². The van der Waals surface area contributed by atoms with Crippen LogP contribution in [-0.2, 0) is 17.8 Å². The molecule has 21 heavy (non-hydrogen) atoms. The van der Waals surface area contributed by atoms with Gasteiger partial charge in [0.2, 0.25) is 0 Å². The number of ether oxygens (including phenoxy) is 2. The van der Waals surface area contributed by atoms with Gasteiger partial charge in [-0.15, -0.1) is 0 Å². The van der Waals surface area contributed by atoms with Crippen molar-refractivity contribution in [1.82, 2.24) is 0 Å². The van der Waals surface area contributed by atoms with E-state index in [0.29, 0.717) is 29.9 Å². The third kappa shape index (κ3) is 3.07. The highest BCUT2D eigenvalue weighted by Crippen LogP contribution is 2.42. The molecule has 0 saturated heterocycles. The lowest BCUT2D eigenvalue weighted by molar-refractivity contribution is 0.0532. The highest BCUT2D eigenvalue weighted by atomic mass is 28.3. The summed E-state index contributed by atoms with van der Waals surface area (Å²) in [5.74, 6) is 0.416. The summed E-state index contributed by atoms with van der Waals surface area (Å²) < 4.78 is 11.1. The minimum Gasteiger partial charge on any atom is -0.507 e. The number of carbonyl (C=O) groups is 1. The number of rotatable bonds is 5. The van der Waals surface area contributed by atoms with Crippen LogP contribution in [0.3, 0.4) is 0 Å². The molecule has 0 radical (unpaired) electrons. The third-order valence-electron chi connectivity index (χ3n) is 3.90. The number of benzene rings is 1. The van der Waals surface area contributed by atoms with Gasteiger partial charge in [0.1, 0.15) is 23.7 Å². The van der Waals surface area contributed by atoms with Gasteiger partial charge >= 0.3 is 5.97 Å². The first-order valence-corrected chi connectivity index (χ1v) is 11.1. The maximum absolute atomic E-state index is 12.0. The van der Waals surface area contributed by atoms with Crippen LogP contribution in [0.1, 0.15) is 34.0 Å². The molecule has 0 aromatic heterocycles. The Morgan fingerprint density at radius 2 is 2.00 bits per heavy atom. The van der Waals surface area contributed by atoms with E-state index in [1.807, 2.05) is 13.8 Å². The van der Waals surface area contributed by atoms with E-state index in [1.165, 1.54) is 0 Å². The van der Waals surface area contributed by atoms with Crippen LogP contribution >= 0.6 is 0 Å². The van der Waals surface area contributed by atoms with Gasteiger partial charge in [0.05, 0.1) is 6.61 Å². The van der Waals surface area contributed by atoms with Gasteiger partial charge < -0.3 is 14.6 Å². The van der Waals surface area contributed by atoms with Gasteiger partial charge in [0.15, 0.2) is 0 Å². The predicted octanol–water partition coefficient (Wildman–Crippen LogP) is 3.65. The fraction of sp³-hybridized carbons (Fsp3) is 0.562. The van der Waals surface area contributed by atoms with Crippen molar-refractivity contribution < 1.29 is 19.4 Å². The van der Waals surface area contributed by atoms with Crippen LogP contribution in [0.15, 0.2) is 0 Å². The van der Waals surface area contributed by atoms with Crippen LogP contribution in [0.2, 0.25) is 25.7 Å². The first-order chi connectivity index (χ1) is 9.76. The molecule has 0 atom stereocenters. The summed E-state index contributed by atoms with van der Waals surface area (Å²) in [6.45, 7) is 11.4. The molecule has 0 saturated carbocycles. The lowest BCUT2D eigenvalue weighted by Crippen LogP contribution is -2.23. The van der Waals surface area contributed by atoms with E-state index in [9.17, 15) is 9.90 Å². The van der Waals surface area contributed by atoms with Crippen LogP contribution < -0.4 is 4.74 Å². The number of cyclic esters (lactones) is 1. The summed E-state index contributed by atoms with van der Waals surface area (Å²) in [4.78, 5) is 12.0. The Labute approximate surface area is 127 Å². The van der Waals surface area contributed by atoms with E-state index in [1.54, 1.807) is 0 Å². The summed E-state index contributed by atoms with van der Waals surface area (Å²) >= 11 is 0. The quantitative estimate of drug-likeness (QED) is 0.666. The number of phenols is 1. The van der Waals surface area contributed by atoms with Gasteiger partial charge in [-0.25, -0.2) is 4.79 Å². The van der Waals surface area contributed by atoms with E-state index in [0.717, 1.165) is 17.2 Å². The van der Waals surface area contributed by atoms with Gasteiger partial charge in [0.25, 0.3) is 0 Å². The number of esters is 1. The van der Waals surface area contributed by atoms with Gasteiger partial charge in [-0.3, -0.25) is 0 Å². The van der Waals surface area contributed by atoms with Crippen molar-refractivity contribution in [2.24, 2.45) is 0 Å². The minimum absolute atomic E-state index is 0.224. The number of aromatic hydroxyl groups is 1. The zero-order chi connectivity index (χ0) is 15.8. The molecule has 116 valence electrons. The maximum Gasteiger partial charge on any atom is 0.342 e. The summed E-state index contributed by atoms with van der Waals surface area (Å²) in [6.07, 6.45) is 0.621. The molecular weight excluding hydrogens is 284 g/mol. The molecule has 1 aromatic carbocycles. The van der Waals surface area contributed by atoms with E-state index < -0.39 is 8.07 Å². The number of fused-ring (bicyclic) bond motifs is 1. The second kappa shape index (κ2) is 5.71. The molecule has 0 fully saturated rings. The Hall–Kier alpha value is -1.49. The molecule has 4 nitrogen and oxygen atoms in total.